The summed E-state index contributed by atoms with van der Waals surface area (Å²) in [7, 11) is -3.72. The maximum absolute atomic E-state index is 13.1. The van der Waals surface area contributed by atoms with E-state index in [0.29, 0.717) is 31.5 Å². The molecule has 2 heterocycles. The maximum atomic E-state index is 13.1. The lowest BCUT2D eigenvalue weighted by Crippen LogP contribution is -2.41. The summed E-state index contributed by atoms with van der Waals surface area (Å²) in [5, 5.41) is 0. The van der Waals surface area contributed by atoms with Crippen LogP contribution in [0.1, 0.15) is 42.5 Å². The molecule has 0 radical (unpaired) electrons. The van der Waals surface area contributed by atoms with E-state index < -0.39 is 10.0 Å². The van der Waals surface area contributed by atoms with E-state index in [0.717, 1.165) is 24.2 Å². The van der Waals surface area contributed by atoms with Crippen molar-refractivity contribution in [3.63, 3.8) is 0 Å². The van der Waals surface area contributed by atoms with Crippen molar-refractivity contribution in [3.05, 3.63) is 23.8 Å². The fourth-order valence-electron chi connectivity index (χ4n) is 3.81. The molecule has 0 bridgehead atoms. The molecule has 2 amide bonds. The zero-order chi connectivity index (χ0) is 20.3. The van der Waals surface area contributed by atoms with Crippen LogP contribution in [0.3, 0.4) is 0 Å². The zero-order valence-electron chi connectivity index (χ0n) is 16.1. The van der Waals surface area contributed by atoms with Crippen LogP contribution in [-0.2, 0) is 14.8 Å². The van der Waals surface area contributed by atoms with Crippen LogP contribution in [-0.4, -0.2) is 61.9 Å². The van der Waals surface area contributed by atoms with Crippen LogP contribution in [0.25, 0.3) is 0 Å². The Morgan fingerprint density at radius 1 is 1.07 bits per heavy atom. The monoisotopic (exact) mass is 425 g/mol. The third kappa shape index (κ3) is 4.36. The van der Waals surface area contributed by atoms with Crippen LogP contribution in [0, 0.1) is 5.92 Å². The van der Waals surface area contributed by atoms with Crippen molar-refractivity contribution in [3.8, 4) is 0 Å². The van der Waals surface area contributed by atoms with E-state index in [1.54, 1.807) is 12.1 Å². The van der Waals surface area contributed by atoms with Gasteiger partial charge in [0.25, 0.3) is 5.91 Å². The predicted molar refractivity (Wildman–Crippen MR) is 109 cm³/mol. The van der Waals surface area contributed by atoms with E-state index in [2.05, 4.69) is 0 Å². The molecule has 1 aromatic carbocycles. The Hall–Kier alpha value is -1.58. The first-order valence-corrected chi connectivity index (χ1v) is 12.3. The van der Waals surface area contributed by atoms with Crippen molar-refractivity contribution in [1.29, 1.82) is 0 Å². The molecule has 28 heavy (non-hydrogen) atoms. The van der Waals surface area contributed by atoms with Gasteiger partial charge in [-0.3, -0.25) is 9.59 Å². The number of carbonyl (C=O) groups excluding carboxylic acids is 2. The van der Waals surface area contributed by atoms with Crippen LogP contribution < -0.4 is 5.73 Å². The van der Waals surface area contributed by atoms with Gasteiger partial charge in [0.2, 0.25) is 15.9 Å². The number of benzene rings is 1. The highest BCUT2D eigenvalue weighted by Crippen LogP contribution is 2.29. The third-order valence-electron chi connectivity index (χ3n) is 5.54. The summed E-state index contributed by atoms with van der Waals surface area (Å²) in [6.45, 7) is 1.94. The van der Waals surface area contributed by atoms with Crippen molar-refractivity contribution in [2.24, 2.45) is 11.7 Å². The average molecular weight is 426 g/mol. The minimum absolute atomic E-state index is 0.103. The second-order valence-electron chi connectivity index (χ2n) is 7.30. The summed E-state index contributed by atoms with van der Waals surface area (Å²) in [6, 6.07) is 4.79. The molecule has 0 unspecified atom stereocenters. The first-order valence-electron chi connectivity index (χ1n) is 9.61. The van der Waals surface area contributed by atoms with Gasteiger partial charge in [-0.25, -0.2) is 8.42 Å². The number of amides is 2. The number of rotatable bonds is 5. The van der Waals surface area contributed by atoms with E-state index >= 15 is 0 Å². The van der Waals surface area contributed by atoms with Crippen molar-refractivity contribution in [2.75, 3.05) is 32.4 Å². The molecule has 2 aliphatic heterocycles. The lowest BCUT2D eigenvalue weighted by molar-refractivity contribution is -0.122. The van der Waals surface area contributed by atoms with Crippen LogP contribution in [0.15, 0.2) is 28.0 Å². The number of thioether (sulfide) groups is 1. The number of piperidine rings is 2. The number of sulfonamides is 1. The van der Waals surface area contributed by atoms with E-state index in [-0.39, 0.29) is 35.7 Å². The Kier molecular flexibility index (Phi) is 6.67. The Balaban J connectivity index is 1.85. The third-order valence-corrected chi connectivity index (χ3v) is 8.23. The zero-order valence-corrected chi connectivity index (χ0v) is 17.7. The summed E-state index contributed by atoms with van der Waals surface area (Å²) in [4.78, 5) is 27.1. The Morgan fingerprint density at radius 3 is 2.29 bits per heavy atom. The highest BCUT2D eigenvalue weighted by atomic mass is 32.2. The second kappa shape index (κ2) is 8.84. The Morgan fingerprint density at radius 2 is 1.71 bits per heavy atom. The van der Waals surface area contributed by atoms with Gasteiger partial charge in [0, 0.05) is 37.0 Å². The molecule has 0 saturated carbocycles. The average Bonchev–Trinajstić information content (AvgIpc) is 2.73. The molecule has 9 heteroatoms. The number of carbonyl (C=O) groups is 2. The Bertz CT molecular complexity index is 843. The second-order valence-corrected chi connectivity index (χ2v) is 10.1. The number of hydrogen-bond acceptors (Lipinski definition) is 5. The van der Waals surface area contributed by atoms with Gasteiger partial charge in [-0.05, 0) is 56.6 Å². The summed E-state index contributed by atoms with van der Waals surface area (Å²) in [5.41, 5.74) is 5.78. The van der Waals surface area contributed by atoms with Gasteiger partial charge in [-0.2, -0.15) is 4.31 Å². The van der Waals surface area contributed by atoms with E-state index in [1.807, 2.05) is 11.2 Å². The highest BCUT2D eigenvalue weighted by Gasteiger charge is 2.32. The summed E-state index contributed by atoms with van der Waals surface area (Å²) < 4.78 is 27.6. The molecule has 2 aliphatic rings. The molecule has 1 aromatic rings. The van der Waals surface area contributed by atoms with Gasteiger partial charge in [0.1, 0.15) is 0 Å². The molecule has 7 nitrogen and oxygen atoms in total. The van der Waals surface area contributed by atoms with Gasteiger partial charge in [-0.1, -0.05) is 0 Å². The molecule has 0 spiro atoms. The molecule has 2 fully saturated rings. The quantitative estimate of drug-likeness (QED) is 0.727. The summed E-state index contributed by atoms with van der Waals surface area (Å²) in [5.74, 6) is -0.758. The minimum atomic E-state index is -3.72. The molecule has 0 aromatic heterocycles. The molecular formula is C19H27N3O4S2. The van der Waals surface area contributed by atoms with E-state index in [1.165, 1.54) is 22.1 Å². The van der Waals surface area contributed by atoms with Gasteiger partial charge >= 0.3 is 0 Å². The van der Waals surface area contributed by atoms with Crippen molar-refractivity contribution < 1.29 is 18.0 Å². The van der Waals surface area contributed by atoms with Crippen LogP contribution in [0.4, 0.5) is 0 Å². The Labute approximate surface area is 170 Å². The van der Waals surface area contributed by atoms with Crippen molar-refractivity contribution in [2.45, 2.75) is 41.9 Å². The first-order chi connectivity index (χ1) is 13.3. The predicted octanol–water partition coefficient (Wildman–Crippen LogP) is 1.92. The van der Waals surface area contributed by atoms with Gasteiger partial charge in [0.05, 0.1) is 10.5 Å². The van der Waals surface area contributed by atoms with Crippen molar-refractivity contribution in [1.82, 2.24) is 9.21 Å². The number of nitrogens with zero attached hydrogens (tertiary/aromatic N) is 2. The molecule has 0 atom stereocenters. The van der Waals surface area contributed by atoms with Crippen LogP contribution in [0.5, 0.6) is 0 Å². The van der Waals surface area contributed by atoms with Gasteiger partial charge in [0.15, 0.2) is 0 Å². The van der Waals surface area contributed by atoms with Gasteiger partial charge in [-0.15, -0.1) is 11.8 Å². The fourth-order valence-corrected chi connectivity index (χ4v) is 5.88. The van der Waals surface area contributed by atoms with Crippen LogP contribution in [0.2, 0.25) is 0 Å². The minimum Gasteiger partial charge on any atom is -0.369 e. The standard InChI is InChI=1S/C19H27N3O4S2/c1-27-17-6-5-15(13-16(17)19(24)21-9-3-2-4-10-21)28(25,26)22-11-7-14(8-12-22)18(20)23/h5-6,13-14H,2-4,7-12H2,1H3,(H2,20,23). The molecule has 2 saturated heterocycles. The normalized spacial score (nSPS) is 19.5. The lowest BCUT2D eigenvalue weighted by atomic mass is 9.98. The maximum Gasteiger partial charge on any atom is 0.255 e. The fraction of sp³-hybridized carbons (Fsp3) is 0.579. The summed E-state index contributed by atoms with van der Waals surface area (Å²) >= 11 is 1.44. The molecule has 3 rings (SSSR count). The highest BCUT2D eigenvalue weighted by molar-refractivity contribution is 7.98. The largest absolute Gasteiger partial charge is 0.369 e. The number of nitrogens with two attached hydrogens (primary N) is 1. The molecule has 2 N–H and O–H groups in total. The lowest BCUT2D eigenvalue weighted by Gasteiger charge is -2.30. The van der Waals surface area contributed by atoms with Gasteiger partial charge < -0.3 is 10.6 Å². The first kappa shape index (κ1) is 21.1. The topological polar surface area (TPSA) is 101 Å². The number of primary amides is 1. The smallest absolute Gasteiger partial charge is 0.255 e. The molecular weight excluding hydrogens is 398 g/mol. The summed E-state index contributed by atoms with van der Waals surface area (Å²) in [6.07, 6.45) is 5.81. The van der Waals surface area contributed by atoms with E-state index in [4.69, 9.17) is 5.73 Å². The molecule has 0 aliphatic carbocycles. The number of hydrogen-bond donors (Lipinski definition) is 1. The van der Waals surface area contributed by atoms with Crippen LogP contribution >= 0.6 is 11.8 Å². The SMILES string of the molecule is CSc1ccc(S(=O)(=O)N2CCC(C(N)=O)CC2)cc1C(=O)N1CCCCC1. The molecule has 154 valence electrons. The number of likely N-dealkylation sites (tertiary alicyclic amines) is 1. The van der Waals surface area contributed by atoms with E-state index in [9.17, 15) is 18.0 Å². The van der Waals surface area contributed by atoms with Crippen molar-refractivity contribution >= 4 is 33.6 Å².